The summed E-state index contributed by atoms with van der Waals surface area (Å²) in [7, 11) is 0. The van der Waals surface area contributed by atoms with Crippen LogP contribution in [0.1, 0.15) is 37.4 Å². The first-order valence-corrected chi connectivity index (χ1v) is 8.26. The van der Waals surface area contributed by atoms with Crippen molar-refractivity contribution in [3.63, 3.8) is 0 Å². The van der Waals surface area contributed by atoms with Crippen LogP contribution in [-0.2, 0) is 6.54 Å². The van der Waals surface area contributed by atoms with E-state index in [0.717, 1.165) is 35.7 Å². The minimum atomic E-state index is -0.0184. The summed E-state index contributed by atoms with van der Waals surface area (Å²) in [6.45, 7) is 7.13. The molecule has 0 spiro atoms. The zero-order valence-corrected chi connectivity index (χ0v) is 14.0. The summed E-state index contributed by atoms with van der Waals surface area (Å²) in [5.74, 6) is 0.738. The van der Waals surface area contributed by atoms with Crippen molar-refractivity contribution in [2.45, 2.75) is 46.6 Å². The van der Waals surface area contributed by atoms with Crippen molar-refractivity contribution in [1.29, 1.82) is 0 Å². The average molecular weight is 309 g/mol. The van der Waals surface area contributed by atoms with E-state index in [0.29, 0.717) is 0 Å². The Morgan fingerprint density at radius 2 is 1.83 bits per heavy atom. The van der Waals surface area contributed by atoms with Gasteiger partial charge in [0.15, 0.2) is 0 Å². The molecule has 1 aromatic carbocycles. The molecule has 0 saturated heterocycles. The van der Waals surface area contributed by atoms with Gasteiger partial charge in [-0.15, -0.1) is 0 Å². The van der Waals surface area contributed by atoms with E-state index in [1.165, 1.54) is 18.4 Å². The molecule has 0 bridgehead atoms. The number of imidazole rings is 1. The van der Waals surface area contributed by atoms with Gasteiger partial charge in [-0.05, 0) is 20.3 Å². The second-order valence-corrected chi connectivity index (χ2v) is 6.14. The molecule has 0 radical (unpaired) electrons. The van der Waals surface area contributed by atoms with Crippen molar-refractivity contribution >= 4 is 5.78 Å². The monoisotopic (exact) mass is 309 g/mol. The summed E-state index contributed by atoms with van der Waals surface area (Å²) >= 11 is 0. The van der Waals surface area contributed by atoms with Gasteiger partial charge in [0.2, 0.25) is 5.78 Å². The van der Waals surface area contributed by atoms with Gasteiger partial charge in [-0.1, -0.05) is 49.6 Å². The van der Waals surface area contributed by atoms with Crippen LogP contribution in [0.25, 0.3) is 17.0 Å². The number of aryl methyl sites for hydroxylation is 3. The summed E-state index contributed by atoms with van der Waals surface area (Å²) in [6.07, 6.45) is 5.31. The molecule has 0 fully saturated rings. The maximum atomic E-state index is 12.3. The highest BCUT2D eigenvalue weighted by Crippen LogP contribution is 2.19. The van der Waals surface area contributed by atoms with Crippen molar-refractivity contribution in [2.75, 3.05) is 0 Å². The van der Waals surface area contributed by atoms with Gasteiger partial charge in [0.25, 0.3) is 5.56 Å². The van der Waals surface area contributed by atoms with Crippen molar-refractivity contribution in [3.05, 3.63) is 58.1 Å². The summed E-state index contributed by atoms with van der Waals surface area (Å²) in [5.41, 5.74) is 4.05. The predicted octanol–water partition coefficient (Wildman–Crippen LogP) is 3.97. The van der Waals surface area contributed by atoms with E-state index in [1.807, 2.05) is 13.1 Å². The van der Waals surface area contributed by atoms with Crippen LogP contribution in [0.3, 0.4) is 0 Å². The summed E-state index contributed by atoms with van der Waals surface area (Å²) < 4.78 is 3.81. The second-order valence-electron chi connectivity index (χ2n) is 6.14. The molecule has 0 atom stereocenters. The zero-order chi connectivity index (χ0) is 16.4. The molecule has 120 valence electrons. The number of nitrogens with zero attached hydrogens (tertiary/aromatic N) is 3. The van der Waals surface area contributed by atoms with Crippen LogP contribution in [0.4, 0.5) is 0 Å². The lowest BCUT2D eigenvalue weighted by molar-refractivity contribution is 0.590. The van der Waals surface area contributed by atoms with Crippen LogP contribution in [-0.4, -0.2) is 14.0 Å². The smallest absolute Gasteiger partial charge is 0.259 e. The molecule has 0 unspecified atom stereocenters. The Balaban J connectivity index is 2.10. The van der Waals surface area contributed by atoms with Crippen LogP contribution < -0.4 is 5.56 Å². The van der Waals surface area contributed by atoms with Gasteiger partial charge >= 0.3 is 0 Å². The van der Waals surface area contributed by atoms with Gasteiger partial charge in [0, 0.05) is 30.1 Å². The Bertz CT molecular complexity index is 872. The van der Waals surface area contributed by atoms with E-state index < -0.39 is 0 Å². The van der Waals surface area contributed by atoms with Crippen LogP contribution >= 0.6 is 0 Å². The number of aromatic nitrogens is 3. The number of hydrogen-bond donors (Lipinski definition) is 0. The van der Waals surface area contributed by atoms with E-state index in [4.69, 9.17) is 4.98 Å². The third kappa shape index (κ3) is 3.07. The lowest BCUT2D eigenvalue weighted by atomic mass is 10.1. The lowest BCUT2D eigenvalue weighted by Crippen LogP contribution is -2.18. The molecule has 0 aliphatic heterocycles. The van der Waals surface area contributed by atoms with E-state index in [2.05, 4.69) is 42.7 Å². The maximum absolute atomic E-state index is 12.3. The average Bonchev–Trinajstić information content (AvgIpc) is 2.97. The van der Waals surface area contributed by atoms with Gasteiger partial charge in [0.05, 0.1) is 5.69 Å². The Labute approximate surface area is 136 Å². The van der Waals surface area contributed by atoms with Crippen molar-refractivity contribution in [3.8, 4) is 11.3 Å². The van der Waals surface area contributed by atoms with Crippen molar-refractivity contribution in [2.24, 2.45) is 0 Å². The van der Waals surface area contributed by atoms with Crippen molar-refractivity contribution < 1.29 is 0 Å². The van der Waals surface area contributed by atoms with E-state index in [9.17, 15) is 4.79 Å². The Kier molecular flexibility index (Phi) is 4.33. The van der Waals surface area contributed by atoms with Gasteiger partial charge in [0.1, 0.15) is 0 Å². The van der Waals surface area contributed by atoms with E-state index >= 15 is 0 Å². The fourth-order valence-corrected chi connectivity index (χ4v) is 2.87. The molecule has 3 rings (SSSR count). The molecule has 4 nitrogen and oxygen atoms in total. The van der Waals surface area contributed by atoms with Gasteiger partial charge < -0.3 is 4.57 Å². The highest BCUT2D eigenvalue weighted by molar-refractivity contribution is 5.61. The molecule has 3 aromatic rings. The first-order chi connectivity index (χ1) is 11.1. The molecule has 0 aliphatic rings. The minimum Gasteiger partial charge on any atom is -0.315 e. The first kappa shape index (κ1) is 15.5. The molecule has 4 heteroatoms. The molecule has 0 aliphatic carbocycles. The quantitative estimate of drug-likeness (QED) is 0.669. The van der Waals surface area contributed by atoms with Gasteiger partial charge in [-0.2, -0.15) is 0 Å². The third-order valence-corrected chi connectivity index (χ3v) is 4.26. The van der Waals surface area contributed by atoms with Crippen molar-refractivity contribution in [1.82, 2.24) is 14.0 Å². The highest BCUT2D eigenvalue weighted by atomic mass is 16.1. The number of hydrogen-bond acceptors (Lipinski definition) is 2. The topological polar surface area (TPSA) is 39.3 Å². The Morgan fingerprint density at radius 3 is 2.52 bits per heavy atom. The Morgan fingerprint density at radius 1 is 1.09 bits per heavy atom. The number of benzene rings is 1. The van der Waals surface area contributed by atoms with E-state index in [1.54, 1.807) is 10.5 Å². The van der Waals surface area contributed by atoms with Crippen LogP contribution in [0.15, 0.2) is 41.3 Å². The minimum absolute atomic E-state index is 0.0184. The second kappa shape index (κ2) is 6.41. The first-order valence-electron chi connectivity index (χ1n) is 8.26. The summed E-state index contributed by atoms with van der Waals surface area (Å²) in [4.78, 5) is 17.0. The number of rotatable bonds is 5. The number of unbranched alkanes of at least 4 members (excludes halogenated alkanes) is 2. The fraction of sp³-hybridized carbons (Fsp3) is 0.368. The standard InChI is InChI=1S/C19H23N3O/c1-4-5-6-11-21-15(3)12-18(23)22-13-17(20-19(21)22)16-9-7-14(2)8-10-16/h7-10,12-13H,4-6,11H2,1-3H3. The largest absolute Gasteiger partial charge is 0.315 e. The third-order valence-electron chi connectivity index (χ3n) is 4.26. The SMILES string of the molecule is CCCCCn1c(C)cc(=O)n2cc(-c3ccc(C)cc3)nc12. The van der Waals surface area contributed by atoms with E-state index in [-0.39, 0.29) is 5.56 Å². The lowest BCUT2D eigenvalue weighted by Gasteiger charge is -2.11. The molecular formula is C19H23N3O. The molecule has 0 N–H and O–H groups in total. The molecule has 0 amide bonds. The molecule has 23 heavy (non-hydrogen) atoms. The Hall–Kier alpha value is -2.36. The molecule has 0 saturated carbocycles. The van der Waals surface area contributed by atoms with Crippen LogP contribution in [0, 0.1) is 13.8 Å². The molecular weight excluding hydrogens is 286 g/mol. The van der Waals surface area contributed by atoms with Crippen LogP contribution in [0.2, 0.25) is 0 Å². The normalized spacial score (nSPS) is 11.3. The fourth-order valence-electron chi connectivity index (χ4n) is 2.87. The highest BCUT2D eigenvalue weighted by Gasteiger charge is 2.11. The maximum Gasteiger partial charge on any atom is 0.259 e. The van der Waals surface area contributed by atoms with Crippen LogP contribution in [0.5, 0.6) is 0 Å². The predicted molar refractivity (Wildman–Crippen MR) is 93.9 cm³/mol. The molecule has 2 heterocycles. The van der Waals surface area contributed by atoms with Gasteiger partial charge in [-0.3, -0.25) is 9.20 Å². The summed E-state index contributed by atoms with van der Waals surface area (Å²) in [6, 6.07) is 9.93. The summed E-state index contributed by atoms with van der Waals surface area (Å²) in [5, 5.41) is 0. The molecule has 2 aromatic heterocycles. The van der Waals surface area contributed by atoms with Gasteiger partial charge in [-0.25, -0.2) is 4.98 Å². The zero-order valence-electron chi connectivity index (χ0n) is 14.0. The number of fused-ring (bicyclic) bond motifs is 1.